The predicted molar refractivity (Wildman–Crippen MR) is 68.8 cm³/mol. The molecule has 4 nitrogen and oxygen atoms in total. The fourth-order valence-electron chi connectivity index (χ4n) is 2.22. The van der Waals surface area contributed by atoms with E-state index in [0.29, 0.717) is 6.04 Å². The topological polar surface area (TPSA) is 49.8 Å². The van der Waals surface area contributed by atoms with E-state index in [4.69, 9.17) is 9.84 Å². The molecule has 0 aromatic heterocycles. The highest BCUT2D eigenvalue weighted by Crippen LogP contribution is 2.34. The standard InChI is InChI=1S/C14H19NO3/c1-10(11-3-7-13(18-2)8-4-11)15(9-14(16)17)12-5-6-12/h3-4,7-8,10,12H,5-6,9H2,1-2H3,(H,16,17). The van der Waals surface area contributed by atoms with Crippen LogP contribution < -0.4 is 4.74 Å². The molecule has 1 atom stereocenters. The van der Waals surface area contributed by atoms with Gasteiger partial charge < -0.3 is 9.84 Å². The van der Waals surface area contributed by atoms with Crippen molar-refractivity contribution in [2.45, 2.75) is 31.8 Å². The summed E-state index contributed by atoms with van der Waals surface area (Å²) in [4.78, 5) is 13.0. The molecular weight excluding hydrogens is 230 g/mol. The summed E-state index contributed by atoms with van der Waals surface area (Å²) in [6.07, 6.45) is 2.21. The molecule has 0 heterocycles. The van der Waals surface area contributed by atoms with Crippen molar-refractivity contribution in [3.8, 4) is 5.75 Å². The molecule has 0 radical (unpaired) electrons. The van der Waals surface area contributed by atoms with Crippen LogP contribution in [0.5, 0.6) is 5.75 Å². The van der Waals surface area contributed by atoms with Crippen molar-refractivity contribution in [3.63, 3.8) is 0 Å². The Bertz CT molecular complexity index is 412. The van der Waals surface area contributed by atoms with E-state index in [-0.39, 0.29) is 12.6 Å². The Morgan fingerprint density at radius 3 is 2.50 bits per heavy atom. The van der Waals surface area contributed by atoms with E-state index < -0.39 is 5.97 Å². The van der Waals surface area contributed by atoms with E-state index in [1.54, 1.807) is 7.11 Å². The minimum Gasteiger partial charge on any atom is -0.497 e. The number of nitrogens with zero attached hydrogens (tertiary/aromatic N) is 1. The smallest absolute Gasteiger partial charge is 0.317 e. The first-order valence-electron chi connectivity index (χ1n) is 6.23. The van der Waals surface area contributed by atoms with Gasteiger partial charge in [0.1, 0.15) is 5.75 Å². The molecule has 98 valence electrons. The maximum absolute atomic E-state index is 10.9. The number of aliphatic carboxylic acids is 1. The lowest BCUT2D eigenvalue weighted by Gasteiger charge is -2.27. The number of methoxy groups -OCH3 is 1. The normalized spacial score (nSPS) is 16.6. The molecule has 0 spiro atoms. The molecule has 4 heteroatoms. The summed E-state index contributed by atoms with van der Waals surface area (Å²) in [5.74, 6) is 0.0596. The average molecular weight is 249 g/mol. The first-order valence-corrected chi connectivity index (χ1v) is 6.23. The lowest BCUT2D eigenvalue weighted by molar-refractivity contribution is -0.139. The molecular formula is C14H19NO3. The van der Waals surface area contributed by atoms with E-state index in [0.717, 1.165) is 24.2 Å². The van der Waals surface area contributed by atoms with Gasteiger partial charge in [0.25, 0.3) is 0 Å². The first-order chi connectivity index (χ1) is 8.61. The molecule has 1 unspecified atom stereocenters. The molecule has 0 saturated heterocycles. The van der Waals surface area contributed by atoms with Crippen molar-refractivity contribution < 1.29 is 14.6 Å². The first kappa shape index (κ1) is 12.9. The molecule has 1 aliphatic carbocycles. The molecule has 18 heavy (non-hydrogen) atoms. The van der Waals surface area contributed by atoms with Gasteiger partial charge in [0.15, 0.2) is 0 Å². The van der Waals surface area contributed by atoms with Crippen LogP contribution in [0, 0.1) is 0 Å². The van der Waals surface area contributed by atoms with Gasteiger partial charge in [0, 0.05) is 12.1 Å². The zero-order valence-electron chi connectivity index (χ0n) is 10.8. The maximum atomic E-state index is 10.9. The monoisotopic (exact) mass is 249 g/mol. The van der Waals surface area contributed by atoms with Crippen molar-refractivity contribution in [3.05, 3.63) is 29.8 Å². The van der Waals surface area contributed by atoms with Crippen LogP contribution in [0.3, 0.4) is 0 Å². The largest absolute Gasteiger partial charge is 0.497 e. The van der Waals surface area contributed by atoms with Gasteiger partial charge in [-0.3, -0.25) is 9.69 Å². The van der Waals surface area contributed by atoms with Crippen molar-refractivity contribution in [1.29, 1.82) is 0 Å². The van der Waals surface area contributed by atoms with Crippen LogP contribution in [0.2, 0.25) is 0 Å². The Hall–Kier alpha value is -1.55. The zero-order valence-corrected chi connectivity index (χ0v) is 10.8. The third-order valence-corrected chi connectivity index (χ3v) is 3.43. The van der Waals surface area contributed by atoms with Crippen LogP contribution >= 0.6 is 0 Å². The fourth-order valence-corrected chi connectivity index (χ4v) is 2.22. The summed E-state index contributed by atoms with van der Waals surface area (Å²) in [5, 5.41) is 8.98. The number of carboxylic acid groups (broad SMARTS) is 1. The molecule has 0 bridgehead atoms. The van der Waals surface area contributed by atoms with Gasteiger partial charge in [0.05, 0.1) is 13.7 Å². The van der Waals surface area contributed by atoms with Crippen molar-refractivity contribution in [2.75, 3.05) is 13.7 Å². The summed E-state index contributed by atoms with van der Waals surface area (Å²) in [6, 6.07) is 8.38. The Morgan fingerprint density at radius 1 is 1.44 bits per heavy atom. The van der Waals surface area contributed by atoms with Crippen LogP contribution in [-0.4, -0.2) is 35.7 Å². The summed E-state index contributed by atoms with van der Waals surface area (Å²) >= 11 is 0. The molecule has 1 N–H and O–H groups in total. The molecule has 0 aliphatic heterocycles. The second-order valence-electron chi connectivity index (χ2n) is 4.75. The van der Waals surface area contributed by atoms with Gasteiger partial charge in [0.2, 0.25) is 0 Å². The van der Waals surface area contributed by atoms with Gasteiger partial charge in [-0.2, -0.15) is 0 Å². The lowest BCUT2D eigenvalue weighted by atomic mass is 10.1. The van der Waals surface area contributed by atoms with Gasteiger partial charge in [-0.1, -0.05) is 12.1 Å². The molecule has 1 fully saturated rings. The third-order valence-electron chi connectivity index (χ3n) is 3.43. The van der Waals surface area contributed by atoms with Gasteiger partial charge in [-0.05, 0) is 37.5 Å². The Kier molecular flexibility index (Phi) is 3.87. The van der Waals surface area contributed by atoms with E-state index in [9.17, 15) is 4.79 Å². The van der Waals surface area contributed by atoms with E-state index in [2.05, 4.69) is 11.8 Å². The third kappa shape index (κ3) is 3.01. The van der Waals surface area contributed by atoms with Crippen molar-refractivity contribution in [2.24, 2.45) is 0 Å². The number of ether oxygens (including phenoxy) is 1. The van der Waals surface area contributed by atoms with E-state index in [1.165, 1.54) is 0 Å². The molecule has 1 aliphatic rings. The van der Waals surface area contributed by atoms with Crippen LogP contribution in [0.25, 0.3) is 0 Å². The molecule has 1 aromatic carbocycles. The Morgan fingerprint density at radius 2 is 2.06 bits per heavy atom. The summed E-state index contributed by atoms with van der Waals surface area (Å²) in [5.41, 5.74) is 1.13. The van der Waals surface area contributed by atoms with Crippen molar-refractivity contribution >= 4 is 5.97 Å². The maximum Gasteiger partial charge on any atom is 0.317 e. The van der Waals surface area contributed by atoms with Crippen LogP contribution in [0.4, 0.5) is 0 Å². The summed E-state index contributed by atoms with van der Waals surface area (Å²) in [7, 11) is 1.64. The van der Waals surface area contributed by atoms with Gasteiger partial charge in [-0.25, -0.2) is 0 Å². The van der Waals surface area contributed by atoms with E-state index >= 15 is 0 Å². The Labute approximate surface area is 107 Å². The number of carboxylic acids is 1. The highest BCUT2D eigenvalue weighted by molar-refractivity contribution is 5.69. The molecule has 1 aromatic rings. The van der Waals surface area contributed by atoms with Gasteiger partial charge >= 0.3 is 5.97 Å². The summed E-state index contributed by atoms with van der Waals surface area (Å²) in [6.45, 7) is 2.17. The minimum atomic E-state index is -0.762. The quantitative estimate of drug-likeness (QED) is 0.840. The highest BCUT2D eigenvalue weighted by atomic mass is 16.5. The van der Waals surface area contributed by atoms with Crippen LogP contribution in [-0.2, 0) is 4.79 Å². The molecule has 1 saturated carbocycles. The summed E-state index contributed by atoms with van der Waals surface area (Å²) < 4.78 is 5.13. The average Bonchev–Trinajstić information content (AvgIpc) is 3.19. The number of rotatable bonds is 6. The molecule has 2 rings (SSSR count). The van der Waals surface area contributed by atoms with Gasteiger partial charge in [-0.15, -0.1) is 0 Å². The number of hydrogen-bond acceptors (Lipinski definition) is 3. The van der Waals surface area contributed by atoms with Crippen LogP contribution in [0.15, 0.2) is 24.3 Å². The predicted octanol–water partition coefficient (Wildman–Crippen LogP) is 2.31. The highest BCUT2D eigenvalue weighted by Gasteiger charge is 2.33. The molecule has 0 amide bonds. The second-order valence-corrected chi connectivity index (χ2v) is 4.75. The lowest BCUT2D eigenvalue weighted by Crippen LogP contribution is -2.34. The Balaban J connectivity index is 2.10. The number of carbonyl (C=O) groups is 1. The number of hydrogen-bond donors (Lipinski definition) is 1. The SMILES string of the molecule is COc1ccc(C(C)N(CC(=O)O)C2CC2)cc1. The van der Waals surface area contributed by atoms with E-state index in [1.807, 2.05) is 24.3 Å². The second kappa shape index (κ2) is 5.40. The minimum absolute atomic E-state index is 0.109. The van der Waals surface area contributed by atoms with Crippen LogP contribution in [0.1, 0.15) is 31.4 Å². The number of benzene rings is 1. The fraction of sp³-hybridized carbons (Fsp3) is 0.500. The van der Waals surface area contributed by atoms with Crippen molar-refractivity contribution in [1.82, 2.24) is 4.90 Å². The zero-order chi connectivity index (χ0) is 13.1.